The summed E-state index contributed by atoms with van der Waals surface area (Å²) in [5.41, 5.74) is 7.17. The van der Waals surface area contributed by atoms with Crippen LogP contribution in [-0.4, -0.2) is 33.1 Å². The molecule has 3 N–H and O–H groups in total. The number of nitrogen functional groups attached to an aromatic ring is 1. The number of carbonyl (C=O) groups excluding carboxylic acids is 2. The van der Waals surface area contributed by atoms with Crippen LogP contribution < -0.4 is 11.3 Å². The molecule has 130 valence electrons. The summed E-state index contributed by atoms with van der Waals surface area (Å²) in [4.78, 5) is 45.5. The fraction of sp³-hybridized carbons (Fsp3) is 0.412. The zero-order valence-corrected chi connectivity index (χ0v) is 13.8. The van der Waals surface area contributed by atoms with Crippen LogP contribution in [0.3, 0.4) is 0 Å². The van der Waals surface area contributed by atoms with Crippen molar-refractivity contribution in [2.45, 2.75) is 39.2 Å². The molecular formula is C17H18N4O4. The van der Waals surface area contributed by atoms with Crippen LogP contribution >= 0.6 is 0 Å². The quantitative estimate of drug-likeness (QED) is 0.796. The van der Waals surface area contributed by atoms with Gasteiger partial charge >= 0.3 is 0 Å². The van der Waals surface area contributed by atoms with Crippen LogP contribution in [0.25, 0.3) is 0 Å². The van der Waals surface area contributed by atoms with Crippen molar-refractivity contribution >= 4 is 17.6 Å². The number of hydrogen-bond acceptors (Lipinski definition) is 6. The molecule has 1 aliphatic heterocycles. The highest BCUT2D eigenvalue weighted by Gasteiger charge is 2.34. The molecule has 1 amide bonds. The summed E-state index contributed by atoms with van der Waals surface area (Å²) < 4.78 is 5.67. The van der Waals surface area contributed by atoms with Crippen LogP contribution in [0, 0.1) is 6.92 Å². The molecule has 4 rings (SSSR count). The summed E-state index contributed by atoms with van der Waals surface area (Å²) >= 11 is 0. The predicted octanol–water partition coefficient (Wildman–Crippen LogP) is 0.971. The topological polar surface area (TPSA) is 122 Å². The van der Waals surface area contributed by atoms with Crippen LogP contribution in [0.1, 0.15) is 56.3 Å². The number of ketones is 1. The molecule has 0 bridgehead atoms. The Bertz CT molecular complexity index is 956. The van der Waals surface area contributed by atoms with Crippen molar-refractivity contribution in [1.29, 1.82) is 0 Å². The Morgan fingerprint density at radius 2 is 2.08 bits per heavy atom. The SMILES string of the molecule is Cc1oc2c(c1C(=O)N1CCc3c(nc(N)[nH]c3=O)C1)C(=O)CCC2. The third-order valence-electron chi connectivity index (χ3n) is 4.84. The number of furan rings is 1. The van der Waals surface area contributed by atoms with Crippen LogP contribution in [0.15, 0.2) is 9.21 Å². The van der Waals surface area contributed by atoms with Gasteiger partial charge < -0.3 is 15.1 Å². The monoisotopic (exact) mass is 342 g/mol. The number of fused-ring (bicyclic) bond motifs is 2. The van der Waals surface area contributed by atoms with Crippen LogP contribution in [0.2, 0.25) is 0 Å². The molecular weight excluding hydrogens is 324 g/mol. The molecule has 0 saturated carbocycles. The van der Waals surface area contributed by atoms with Crippen molar-refractivity contribution < 1.29 is 14.0 Å². The van der Waals surface area contributed by atoms with Crippen molar-refractivity contribution in [3.63, 3.8) is 0 Å². The predicted molar refractivity (Wildman–Crippen MR) is 88.4 cm³/mol. The molecule has 8 heteroatoms. The van der Waals surface area contributed by atoms with E-state index in [4.69, 9.17) is 10.2 Å². The van der Waals surface area contributed by atoms with Gasteiger partial charge in [-0.15, -0.1) is 0 Å². The minimum absolute atomic E-state index is 0.0325. The zero-order chi connectivity index (χ0) is 17.7. The molecule has 0 spiro atoms. The minimum atomic E-state index is -0.262. The molecule has 1 aliphatic carbocycles. The maximum atomic E-state index is 13.0. The highest BCUT2D eigenvalue weighted by atomic mass is 16.3. The van der Waals surface area contributed by atoms with Gasteiger partial charge in [-0.25, -0.2) is 4.98 Å². The number of H-pyrrole nitrogens is 1. The van der Waals surface area contributed by atoms with E-state index >= 15 is 0 Å². The Morgan fingerprint density at radius 1 is 1.28 bits per heavy atom. The third-order valence-corrected chi connectivity index (χ3v) is 4.84. The molecule has 8 nitrogen and oxygen atoms in total. The highest BCUT2D eigenvalue weighted by Crippen LogP contribution is 2.31. The number of carbonyl (C=O) groups is 2. The van der Waals surface area contributed by atoms with Gasteiger partial charge in [-0.1, -0.05) is 0 Å². The number of Topliss-reactive ketones (excluding diaryl/α,β-unsaturated/α-hetero) is 1. The van der Waals surface area contributed by atoms with Crippen LogP contribution in [-0.2, 0) is 19.4 Å². The van der Waals surface area contributed by atoms with E-state index in [1.165, 1.54) is 0 Å². The van der Waals surface area contributed by atoms with E-state index in [1.54, 1.807) is 11.8 Å². The number of hydrogen-bond donors (Lipinski definition) is 2. The Labute approximate surface area is 143 Å². The summed E-state index contributed by atoms with van der Waals surface area (Å²) in [5, 5.41) is 0. The normalized spacial score (nSPS) is 16.5. The molecule has 0 atom stereocenters. The number of nitrogens with two attached hydrogens (primary N) is 1. The maximum Gasteiger partial charge on any atom is 0.258 e. The lowest BCUT2D eigenvalue weighted by molar-refractivity contribution is 0.0724. The standard InChI is InChI=1S/C17H18N4O4/c1-8-13(14-11(22)3-2-4-12(14)25-8)16(24)21-6-5-9-10(7-21)19-17(18)20-15(9)23/h2-7H2,1H3,(H3,18,19,20,23). The molecule has 0 radical (unpaired) electrons. The fourth-order valence-corrected chi connectivity index (χ4v) is 3.66. The fourth-order valence-electron chi connectivity index (χ4n) is 3.66. The van der Waals surface area contributed by atoms with Crippen molar-refractivity contribution in [3.8, 4) is 0 Å². The molecule has 0 saturated heterocycles. The van der Waals surface area contributed by atoms with Gasteiger partial charge in [-0.3, -0.25) is 19.4 Å². The van der Waals surface area contributed by atoms with Crippen LogP contribution in [0.5, 0.6) is 0 Å². The van der Waals surface area contributed by atoms with Gasteiger partial charge in [-0.05, 0) is 19.8 Å². The summed E-state index contributed by atoms with van der Waals surface area (Å²) in [7, 11) is 0. The Hall–Kier alpha value is -2.90. The van der Waals surface area contributed by atoms with E-state index in [2.05, 4.69) is 9.97 Å². The van der Waals surface area contributed by atoms with E-state index in [0.29, 0.717) is 59.7 Å². The number of aryl methyl sites for hydroxylation is 2. The second-order valence-electron chi connectivity index (χ2n) is 6.46. The Kier molecular flexibility index (Phi) is 3.48. The van der Waals surface area contributed by atoms with Gasteiger partial charge in [-0.2, -0.15) is 0 Å². The number of amides is 1. The molecule has 0 unspecified atom stereocenters. The second-order valence-corrected chi connectivity index (χ2v) is 6.46. The lowest BCUT2D eigenvalue weighted by Gasteiger charge is -2.28. The van der Waals surface area contributed by atoms with Crippen LogP contribution in [0.4, 0.5) is 5.95 Å². The Balaban J connectivity index is 1.70. The number of anilines is 1. The highest BCUT2D eigenvalue weighted by molar-refractivity contribution is 6.10. The summed E-state index contributed by atoms with van der Waals surface area (Å²) in [6.45, 7) is 2.28. The number of nitrogens with zero attached hydrogens (tertiary/aromatic N) is 2. The molecule has 2 aliphatic rings. The largest absolute Gasteiger partial charge is 0.465 e. The molecule has 2 aromatic rings. The summed E-state index contributed by atoms with van der Waals surface area (Å²) in [5.74, 6) is 0.801. The smallest absolute Gasteiger partial charge is 0.258 e. The van der Waals surface area contributed by atoms with Gasteiger partial charge in [0.15, 0.2) is 5.78 Å². The molecule has 2 aromatic heterocycles. The Morgan fingerprint density at radius 3 is 2.88 bits per heavy atom. The second kappa shape index (κ2) is 5.58. The van der Waals surface area contributed by atoms with E-state index in [-0.39, 0.29) is 29.7 Å². The lowest BCUT2D eigenvalue weighted by Crippen LogP contribution is -2.40. The number of aromatic amines is 1. The van der Waals surface area contributed by atoms with Crippen molar-refractivity contribution in [2.75, 3.05) is 12.3 Å². The average Bonchev–Trinajstić information content (AvgIpc) is 2.90. The van der Waals surface area contributed by atoms with Gasteiger partial charge in [0.05, 0.1) is 23.4 Å². The van der Waals surface area contributed by atoms with Crippen molar-refractivity contribution in [1.82, 2.24) is 14.9 Å². The summed E-state index contributed by atoms with van der Waals surface area (Å²) in [6.07, 6.45) is 2.25. The molecule has 0 aromatic carbocycles. The zero-order valence-electron chi connectivity index (χ0n) is 13.8. The first-order chi connectivity index (χ1) is 12.0. The van der Waals surface area contributed by atoms with E-state index < -0.39 is 0 Å². The average molecular weight is 342 g/mol. The molecule has 3 heterocycles. The van der Waals surface area contributed by atoms with E-state index in [9.17, 15) is 14.4 Å². The number of aromatic nitrogens is 2. The van der Waals surface area contributed by atoms with Crippen molar-refractivity contribution in [2.24, 2.45) is 0 Å². The first kappa shape index (κ1) is 15.6. The van der Waals surface area contributed by atoms with E-state index in [0.717, 1.165) is 6.42 Å². The van der Waals surface area contributed by atoms with Gasteiger partial charge in [0, 0.05) is 24.9 Å². The van der Waals surface area contributed by atoms with Gasteiger partial charge in [0.1, 0.15) is 11.5 Å². The summed E-state index contributed by atoms with van der Waals surface area (Å²) in [6, 6.07) is 0. The third kappa shape index (κ3) is 2.45. The maximum absolute atomic E-state index is 13.0. The first-order valence-corrected chi connectivity index (χ1v) is 8.28. The van der Waals surface area contributed by atoms with Gasteiger partial charge in [0.2, 0.25) is 5.95 Å². The van der Waals surface area contributed by atoms with Crippen molar-refractivity contribution in [3.05, 3.63) is 44.3 Å². The lowest BCUT2D eigenvalue weighted by atomic mass is 9.92. The minimum Gasteiger partial charge on any atom is -0.465 e. The first-order valence-electron chi connectivity index (χ1n) is 8.28. The molecule has 0 fully saturated rings. The molecule has 25 heavy (non-hydrogen) atoms. The van der Waals surface area contributed by atoms with E-state index in [1.807, 2.05) is 0 Å². The number of nitrogens with one attached hydrogen (secondary N) is 1. The number of rotatable bonds is 1. The van der Waals surface area contributed by atoms with Gasteiger partial charge in [0.25, 0.3) is 11.5 Å².